The van der Waals surface area contributed by atoms with E-state index in [1.807, 2.05) is 0 Å². The summed E-state index contributed by atoms with van der Waals surface area (Å²) in [6.07, 6.45) is 23.3. The Kier molecular flexibility index (Phi) is 16.4. The minimum atomic E-state index is 0.0611. The first-order valence-corrected chi connectivity index (χ1v) is 10.7. The van der Waals surface area contributed by atoms with E-state index in [4.69, 9.17) is 11.6 Å². The molecule has 0 radical (unpaired) electrons. The van der Waals surface area contributed by atoms with Crippen molar-refractivity contribution < 1.29 is 0 Å². The van der Waals surface area contributed by atoms with Crippen LogP contribution in [0.1, 0.15) is 130 Å². The summed E-state index contributed by atoms with van der Waals surface area (Å²) in [6.45, 7) is 6.82. The van der Waals surface area contributed by atoms with Crippen LogP contribution in [0.2, 0.25) is 0 Å². The van der Waals surface area contributed by atoms with E-state index in [1.54, 1.807) is 0 Å². The van der Waals surface area contributed by atoms with Gasteiger partial charge < -0.3 is 0 Å². The van der Waals surface area contributed by atoms with Crippen molar-refractivity contribution in [3.05, 3.63) is 0 Å². The molecule has 0 amide bonds. The highest BCUT2D eigenvalue weighted by atomic mass is 35.5. The lowest BCUT2D eigenvalue weighted by molar-refractivity contribution is 0.457. The first kappa shape index (κ1) is 22.3. The monoisotopic (exact) mass is 330 g/mol. The zero-order valence-corrected chi connectivity index (χ0v) is 16.7. The molecular formula is C21H43Cl. The van der Waals surface area contributed by atoms with Gasteiger partial charge in [-0.05, 0) is 19.8 Å². The van der Waals surface area contributed by atoms with Crippen molar-refractivity contribution in [2.45, 2.75) is 135 Å². The summed E-state index contributed by atoms with van der Waals surface area (Å²) in [5.41, 5.74) is 0. The third kappa shape index (κ3) is 16.7. The van der Waals surface area contributed by atoms with Gasteiger partial charge in [0, 0.05) is 4.87 Å². The van der Waals surface area contributed by atoms with Crippen LogP contribution in [0.15, 0.2) is 0 Å². The molecule has 0 heterocycles. The molecule has 0 rings (SSSR count). The third-order valence-corrected chi connectivity index (χ3v) is 5.23. The maximum atomic E-state index is 6.68. The van der Waals surface area contributed by atoms with Crippen LogP contribution in [-0.2, 0) is 0 Å². The first-order valence-electron chi connectivity index (χ1n) is 10.3. The molecule has 0 spiro atoms. The summed E-state index contributed by atoms with van der Waals surface area (Å²) in [6, 6.07) is 0. The summed E-state index contributed by atoms with van der Waals surface area (Å²) >= 11 is 6.68. The largest absolute Gasteiger partial charge is 0.120 e. The van der Waals surface area contributed by atoms with Gasteiger partial charge in [0.2, 0.25) is 0 Å². The molecule has 1 heteroatoms. The lowest BCUT2D eigenvalue weighted by Gasteiger charge is -2.22. The fourth-order valence-electron chi connectivity index (χ4n) is 3.20. The highest BCUT2D eigenvalue weighted by molar-refractivity contribution is 6.23. The van der Waals surface area contributed by atoms with Gasteiger partial charge in [-0.25, -0.2) is 0 Å². The Balaban J connectivity index is 3.34. The van der Waals surface area contributed by atoms with Crippen LogP contribution >= 0.6 is 11.6 Å². The van der Waals surface area contributed by atoms with Crippen LogP contribution in [0.25, 0.3) is 0 Å². The zero-order chi connectivity index (χ0) is 16.5. The van der Waals surface area contributed by atoms with E-state index in [9.17, 15) is 0 Å². The molecule has 0 aromatic rings. The Morgan fingerprint density at radius 1 is 0.500 bits per heavy atom. The Morgan fingerprint density at radius 3 is 1.09 bits per heavy atom. The first-order chi connectivity index (χ1) is 10.6. The molecule has 0 saturated carbocycles. The topological polar surface area (TPSA) is 0 Å². The molecule has 0 aliphatic heterocycles. The summed E-state index contributed by atoms with van der Waals surface area (Å²) in [7, 11) is 0. The molecule has 1 atom stereocenters. The van der Waals surface area contributed by atoms with E-state index >= 15 is 0 Å². The van der Waals surface area contributed by atoms with Crippen LogP contribution in [-0.4, -0.2) is 4.87 Å². The maximum absolute atomic E-state index is 6.68. The van der Waals surface area contributed by atoms with Crippen molar-refractivity contribution in [3.8, 4) is 0 Å². The molecule has 0 bridgehead atoms. The average molecular weight is 331 g/mol. The number of halogens is 1. The molecule has 134 valence electrons. The SMILES string of the molecule is CCCCCCCCCCC(C)(Cl)CCCCCCCCC. The lowest BCUT2D eigenvalue weighted by atomic mass is 9.95. The molecule has 22 heavy (non-hydrogen) atoms. The van der Waals surface area contributed by atoms with E-state index in [1.165, 1.54) is 109 Å². The standard InChI is InChI=1S/C21H43Cl/c1-4-6-8-10-12-14-16-18-20-21(3,22)19-17-15-13-11-9-7-5-2/h4-20H2,1-3H3. The van der Waals surface area contributed by atoms with Crippen LogP contribution in [0.3, 0.4) is 0 Å². The van der Waals surface area contributed by atoms with Crippen LogP contribution < -0.4 is 0 Å². The van der Waals surface area contributed by atoms with Crippen molar-refractivity contribution >= 4 is 11.6 Å². The van der Waals surface area contributed by atoms with Gasteiger partial charge in [-0.15, -0.1) is 11.6 Å². The fraction of sp³-hybridized carbons (Fsp3) is 1.00. The summed E-state index contributed by atoms with van der Waals surface area (Å²) in [5, 5.41) is 0. The van der Waals surface area contributed by atoms with E-state index < -0.39 is 0 Å². The maximum Gasteiger partial charge on any atom is 0.0418 e. The van der Waals surface area contributed by atoms with Gasteiger partial charge in [-0.2, -0.15) is 0 Å². The van der Waals surface area contributed by atoms with Crippen LogP contribution in [0.4, 0.5) is 0 Å². The summed E-state index contributed by atoms with van der Waals surface area (Å²) in [4.78, 5) is 0.0611. The molecule has 0 aromatic heterocycles. The Hall–Kier alpha value is 0.290. The van der Waals surface area contributed by atoms with E-state index in [0.717, 1.165) is 0 Å². The minimum Gasteiger partial charge on any atom is -0.120 e. The quantitative estimate of drug-likeness (QED) is 0.185. The second-order valence-corrected chi connectivity index (χ2v) is 8.42. The Labute approximate surface area is 146 Å². The van der Waals surface area contributed by atoms with Crippen molar-refractivity contribution in [3.63, 3.8) is 0 Å². The van der Waals surface area contributed by atoms with Crippen molar-refractivity contribution in [1.29, 1.82) is 0 Å². The summed E-state index contributed by atoms with van der Waals surface area (Å²) in [5.74, 6) is 0. The number of hydrogen-bond donors (Lipinski definition) is 0. The molecular weight excluding hydrogens is 288 g/mol. The molecule has 0 aliphatic carbocycles. The molecule has 0 saturated heterocycles. The third-order valence-electron chi connectivity index (χ3n) is 4.85. The second-order valence-electron chi connectivity index (χ2n) is 7.51. The van der Waals surface area contributed by atoms with Gasteiger partial charge in [0.05, 0.1) is 0 Å². The van der Waals surface area contributed by atoms with Crippen LogP contribution in [0, 0.1) is 0 Å². The zero-order valence-electron chi connectivity index (χ0n) is 15.9. The predicted molar refractivity (Wildman–Crippen MR) is 104 cm³/mol. The highest BCUT2D eigenvalue weighted by Crippen LogP contribution is 2.29. The van der Waals surface area contributed by atoms with Crippen molar-refractivity contribution in [2.24, 2.45) is 0 Å². The van der Waals surface area contributed by atoms with Crippen molar-refractivity contribution in [2.75, 3.05) is 0 Å². The van der Waals surface area contributed by atoms with Gasteiger partial charge in [-0.3, -0.25) is 0 Å². The van der Waals surface area contributed by atoms with E-state index in [2.05, 4.69) is 20.8 Å². The molecule has 1 unspecified atom stereocenters. The average Bonchev–Trinajstić information content (AvgIpc) is 2.49. The van der Waals surface area contributed by atoms with Crippen LogP contribution in [0.5, 0.6) is 0 Å². The summed E-state index contributed by atoms with van der Waals surface area (Å²) < 4.78 is 0. The highest BCUT2D eigenvalue weighted by Gasteiger charge is 2.19. The molecule has 0 N–H and O–H groups in total. The smallest absolute Gasteiger partial charge is 0.0418 e. The van der Waals surface area contributed by atoms with Gasteiger partial charge >= 0.3 is 0 Å². The fourth-order valence-corrected chi connectivity index (χ4v) is 3.47. The number of hydrogen-bond acceptors (Lipinski definition) is 0. The molecule has 0 aromatic carbocycles. The second kappa shape index (κ2) is 16.2. The van der Waals surface area contributed by atoms with Crippen molar-refractivity contribution in [1.82, 2.24) is 0 Å². The predicted octanol–water partition coefficient (Wildman–Crippen LogP) is 8.66. The number of unbranched alkanes of at least 4 members (excludes halogenated alkanes) is 13. The van der Waals surface area contributed by atoms with Gasteiger partial charge in [0.25, 0.3) is 0 Å². The van der Waals surface area contributed by atoms with Gasteiger partial charge in [-0.1, -0.05) is 110 Å². The Bertz CT molecular complexity index is 210. The Morgan fingerprint density at radius 2 is 0.773 bits per heavy atom. The number of rotatable bonds is 17. The van der Waals surface area contributed by atoms with E-state index in [-0.39, 0.29) is 4.87 Å². The normalized spacial score (nSPS) is 14.2. The molecule has 0 fully saturated rings. The van der Waals surface area contributed by atoms with Gasteiger partial charge in [0.15, 0.2) is 0 Å². The lowest BCUT2D eigenvalue weighted by Crippen LogP contribution is -2.15. The molecule has 0 nitrogen and oxygen atoms in total. The molecule has 0 aliphatic rings. The minimum absolute atomic E-state index is 0.0611. The van der Waals surface area contributed by atoms with Gasteiger partial charge in [0.1, 0.15) is 0 Å². The number of alkyl halides is 1. The van der Waals surface area contributed by atoms with E-state index in [0.29, 0.717) is 0 Å².